The van der Waals surface area contributed by atoms with Crippen molar-refractivity contribution >= 4 is 0 Å². The first-order chi connectivity index (χ1) is 10.3. The van der Waals surface area contributed by atoms with E-state index in [1.165, 1.54) is 18.4 Å². The van der Waals surface area contributed by atoms with Crippen LogP contribution < -0.4 is 10.5 Å². The van der Waals surface area contributed by atoms with Crippen LogP contribution in [0.4, 0.5) is 0 Å². The third kappa shape index (κ3) is 6.04. The molecule has 0 unspecified atom stereocenters. The summed E-state index contributed by atoms with van der Waals surface area (Å²) in [6.07, 6.45) is 3.30. The third-order valence-electron chi connectivity index (χ3n) is 4.01. The normalized spacial score (nSPS) is 16.3. The van der Waals surface area contributed by atoms with Crippen molar-refractivity contribution in [2.45, 2.75) is 19.3 Å². The Morgan fingerprint density at radius 3 is 2.62 bits per heavy atom. The summed E-state index contributed by atoms with van der Waals surface area (Å²) in [6, 6.07) is 8.24. The van der Waals surface area contributed by atoms with E-state index in [0.29, 0.717) is 6.54 Å². The van der Waals surface area contributed by atoms with Crippen LogP contribution in [0.2, 0.25) is 0 Å². The van der Waals surface area contributed by atoms with Crippen LogP contribution in [0.5, 0.6) is 5.75 Å². The van der Waals surface area contributed by atoms with Gasteiger partial charge in [0.2, 0.25) is 0 Å². The highest BCUT2D eigenvalue weighted by Crippen LogP contribution is 2.16. The number of hydrogen-bond donors (Lipinski definition) is 1. The van der Waals surface area contributed by atoms with Crippen molar-refractivity contribution < 1.29 is 9.47 Å². The van der Waals surface area contributed by atoms with Crippen LogP contribution in [0.15, 0.2) is 24.3 Å². The molecule has 4 nitrogen and oxygen atoms in total. The molecule has 2 rings (SSSR count). The number of ether oxygens (including phenoxy) is 2. The highest BCUT2D eigenvalue weighted by molar-refractivity contribution is 5.27. The van der Waals surface area contributed by atoms with Gasteiger partial charge in [-0.1, -0.05) is 12.1 Å². The Bertz CT molecular complexity index is 388. The van der Waals surface area contributed by atoms with Gasteiger partial charge in [0.1, 0.15) is 12.4 Å². The van der Waals surface area contributed by atoms with Crippen molar-refractivity contribution in [3.63, 3.8) is 0 Å². The van der Waals surface area contributed by atoms with Crippen molar-refractivity contribution in [3.05, 3.63) is 29.8 Å². The van der Waals surface area contributed by atoms with Crippen LogP contribution in [0, 0.1) is 5.92 Å². The fourth-order valence-electron chi connectivity index (χ4n) is 2.70. The second kappa shape index (κ2) is 9.03. The first-order valence-electron chi connectivity index (χ1n) is 7.96. The number of rotatable bonds is 8. The summed E-state index contributed by atoms with van der Waals surface area (Å²) in [5.74, 6) is 1.72. The molecule has 0 bridgehead atoms. The maximum atomic E-state index is 5.80. The van der Waals surface area contributed by atoms with Gasteiger partial charge in [-0.25, -0.2) is 0 Å². The molecule has 1 aromatic carbocycles. The Labute approximate surface area is 128 Å². The van der Waals surface area contributed by atoms with Crippen LogP contribution in [0.3, 0.4) is 0 Å². The van der Waals surface area contributed by atoms with Gasteiger partial charge in [0.15, 0.2) is 0 Å². The van der Waals surface area contributed by atoms with Gasteiger partial charge in [0, 0.05) is 26.3 Å². The fraction of sp³-hybridized carbons (Fsp3) is 0.647. The summed E-state index contributed by atoms with van der Waals surface area (Å²) in [4.78, 5) is 2.36. The largest absolute Gasteiger partial charge is 0.492 e. The van der Waals surface area contributed by atoms with Crippen molar-refractivity contribution in [2.24, 2.45) is 11.7 Å². The van der Waals surface area contributed by atoms with Gasteiger partial charge < -0.3 is 20.1 Å². The molecule has 0 spiro atoms. The monoisotopic (exact) mass is 292 g/mol. The average Bonchev–Trinajstić information content (AvgIpc) is 2.50. The summed E-state index contributed by atoms with van der Waals surface area (Å²) in [6.45, 7) is 5.37. The van der Waals surface area contributed by atoms with Gasteiger partial charge in [-0.2, -0.15) is 0 Å². The molecular formula is C17H28N2O2. The van der Waals surface area contributed by atoms with E-state index in [2.05, 4.69) is 24.1 Å². The van der Waals surface area contributed by atoms with E-state index in [1.54, 1.807) is 0 Å². The van der Waals surface area contributed by atoms with Crippen LogP contribution in [0.25, 0.3) is 0 Å². The summed E-state index contributed by atoms with van der Waals surface area (Å²) < 4.78 is 11.2. The summed E-state index contributed by atoms with van der Waals surface area (Å²) in [5, 5.41) is 0. The predicted octanol–water partition coefficient (Wildman–Crippen LogP) is 1.92. The van der Waals surface area contributed by atoms with E-state index in [1.807, 2.05) is 12.1 Å². The Morgan fingerprint density at radius 2 is 1.95 bits per heavy atom. The molecule has 0 atom stereocenters. The Kier molecular flexibility index (Phi) is 7.00. The van der Waals surface area contributed by atoms with Crippen molar-refractivity contribution in [2.75, 3.05) is 46.5 Å². The van der Waals surface area contributed by atoms with Crippen LogP contribution in [-0.4, -0.2) is 51.4 Å². The number of nitrogens with two attached hydrogens (primary N) is 1. The summed E-state index contributed by atoms with van der Waals surface area (Å²) >= 11 is 0. The molecule has 1 saturated heterocycles. The van der Waals surface area contributed by atoms with E-state index in [-0.39, 0.29) is 0 Å². The first kappa shape index (κ1) is 16.3. The molecule has 1 heterocycles. The lowest BCUT2D eigenvalue weighted by Crippen LogP contribution is -2.32. The standard InChI is InChI=1S/C17H28N2O2/c1-19(14-16-7-11-20-12-8-16)10-13-21-17-4-2-15(3-5-17)6-9-18/h2-5,16H,6-14,18H2,1H3. The van der Waals surface area contributed by atoms with Gasteiger partial charge >= 0.3 is 0 Å². The van der Waals surface area contributed by atoms with E-state index in [9.17, 15) is 0 Å². The quantitative estimate of drug-likeness (QED) is 0.795. The molecule has 1 fully saturated rings. The van der Waals surface area contributed by atoms with Gasteiger partial charge in [0.25, 0.3) is 0 Å². The lowest BCUT2D eigenvalue weighted by molar-refractivity contribution is 0.0543. The minimum absolute atomic E-state index is 0.692. The molecule has 0 saturated carbocycles. The molecule has 1 aromatic rings. The zero-order valence-corrected chi connectivity index (χ0v) is 13.1. The molecule has 118 valence electrons. The molecule has 0 radical (unpaired) electrons. The van der Waals surface area contributed by atoms with Crippen molar-refractivity contribution in [1.82, 2.24) is 4.90 Å². The second-order valence-corrected chi connectivity index (χ2v) is 5.85. The zero-order valence-electron chi connectivity index (χ0n) is 13.1. The molecular weight excluding hydrogens is 264 g/mol. The predicted molar refractivity (Wildman–Crippen MR) is 85.7 cm³/mol. The molecule has 4 heteroatoms. The summed E-state index contributed by atoms with van der Waals surface area (Å²) in [5.41, 5.74) is 6.81. The van der Waals surface area contributed by atoms with Gasteiger partial charge in [-0.05, 0) is 56.5 Å². The minimum atomic E-state index is 0.692. The Morgan fingerprint density at radius 1 is 1.24 bits per heavy atom. The topological polar surface area (TPSA) is 47.7 Å². The Balaban J connectivity index is 1.63. The fourth-order valence-corrected chi connectivity index (χ4v) is 2.70. The number of likely N-dealkylation sites (N-methyl/N-ethyl adjacent to an activating group) is 1. The van der Waals surface area contributed by atoms with Crippen LogP contribution >= 0.6 is 0 Å². The van der Waals surface area contributed by atoms with Gasteiger partial charge in [-0.15, -0.1) is 0 Å². The molecule has 1 aliphatic rings. The lowest BCUT2D eigenvalue weighted by atomic mass is 10.00. The first-order valence-corrected chi connectivity index (χ1v) is 7.96. The molecule has 21 heavy (non-hydrogen) atoms. The van der Waals surface area contributed by atoms with E-state index in [0.717, 1.165) is 51.0 Å². The molecule has 0 aromatic heterocycles. The Hall–Kier alpha value is -1.10. The van der Waals surface area contributed by atoms with E-state index < -0.39 is 0 Å². The van der Waals surface area contributed by atoms with Crippen molar-refractivity contribution in [1.29, 1.82) is 0 Å². The van der Waals surface area contributed by atoms with Gasteiger partial charge in [-0.3, -0.25) is 0 Å². The highest BCUT2D eigenvalue weighted by Gasteiger charge is 2.15. The van der Waals surface area contributed by atoms with Crippen LogP contribution in [0.1, 0.15) is 18.4 Å². The molecule has 1 aliphatic heterocycles. The lowest BCUT2D eigenvalue weighted by Gasteiger charge is -2.27. The smallest absolute Gasteiger partial charge is 0.119 e. The maximum absolute atomic E-state index is 5.80. The SMILES string of the molecule is CN(CCOc1ccc(CCN)cc1)CC1CCOCC1. The molecule has 0 amide bonds. The number of nitrogens with zero attached hydrogens (tertiary/aromatic N) is 1. The zero-order chi connectivity index (χ0) is 14.9. The highest BCUT2D eigenvalue weighted by atomic mass is 16.5. The van der Waals surface area contributed by atoms with Crippen LogP contribution in [-0.2, 0) is 11.2 Å². The minimum Gasteiger partial charge on any atom is -0.492 e. The maximum Gasteiger partial charge on any atom is 0.119 e. The second-order valence-electron chi connectivity index (χ2n) is 5.85. The van der Waals surface area contributed by atoms with E-state index in [4.69, 9.17) is 15.2 Å². The number of benzene rings is 1. The van der Waals surface area contributed by atoms with Crippen molar-refractivity contribution in [3.8, 4) is 5.75 Å². The number of hydrogen-bond acceptors (Lipinski definition) is 4. The van der Waals surface area contributed by atoms with E-state index >= 15 is 0 Å². The third-order valence-corrected chi connectivity index (χ3v) is 4.01. The average molecular weight is 292 g/mol. The molecule has 0 aliphatic carbocycles. The molecule has 2 N–H and O–H groups in total. The summed E-state index contributed by atoms with van der Waals surface area (Å²) in [7, 11) is 2.17. The van der Waals surface area contributed by atoms with Gasteiger partial charge in [0.05, 0.1) is 0 Å².